The van der Waals surface area contributed by atoms with Crippen LogP contribution in [-0.4, -0.2) is 68.5 Å². The van der Waals surface area contributed by atoms with E-state index in [0.29, 0.717) is 11.3 Å². The fourth-order valence-corrected chi connectivity index (χ4v) is 5.01. The number of carbonyl (C=O) groups excluding carboxylic acids is 2. The minimum absolute atomic E-state index is 0.0673. The number of carbonyl (C=O) groups is 3. The second-order valence-electron chi connectivity index (χ2n) is 5.47. The summed E-state index contributed by atoms with van der Waals surface area (Å²) >= 11 is 6.62. The SMILES string of the molecule is CO/N=C(/C(=O)NC1C(=O)N2C(C(=O)O)=C(CS)CSC12)c1csc(N)n1. The van der Waals surface area contributed by atoms with Gasteiger partial charge in [-0.3, -0.25) is 14.5 Å². The molecule has 27 heavy (non-hydrogen) atoms. The van der Waals surface area contributed by atoms with E-state index in [2.05, 4.69) is 32.9 Å². The first-order valence-corrected chi connectivity index (χ1v) is 10.1. The average molecular weight is 430 g/mol. The monoisotopic (exact) mass is 429 g/mol. The lowest BCUT2D eigenvalue weighted by molar-refractivity contribution is -0.150. The normalized spacial score (nSPS) is 22.2. The van der Waals surface area contributed by atoms with Crippen LogP contribution in [0.4, 0.5) is 5.13 Å². The summed E-state index contributed by atoms with van der Waals surface area (Å²) in [5.74, 6) is -1.72. The summed E-state index contributed by atoms with van der Waals surface area (Å²) in [6.45, 7) is 0. The van der Waals surface area contributed by atoms with Gasteiger partial charge in [-0.25, -0.2) is 9.78 Å². The zero-order chi connectivity index (χ0) is 19.7. The minimum Gasteiger partial charge on any atom is -0.477 e. The summed E-state index contributed by atoms with van der Waals surface area (Å²) in [7, 11) is 1.28. The van der Waals surface area contributed by atoms with Crippen molar-refractivity contribution in [1.82, 2.24) is 15.2 Å². The van der Waals surface area contributed by atoms with Gasteiger partial charge >= 0.3 is 5.97 Å². The number of amides is 2. The number of nitrogens with zero attached hydrogens (tertiary/aromatic N) is 3. The van der Waals surface area contributed by atoms with E-state index < -0.39 is 29.2 Å². The first-order chi connectivity index (χ1) is 12.9. The van der Waals surface area contributed by atoms with Crippen LogP contribution >= 0.6 is 35.7 Å². The summed E-state index contributed by atoms with van der Waals surface area (Å²) in [6, 6.07) is -0.878. The van der Waals surface area contributed by atoms with E-state index in [9.17, 15) is 19.5 Å². The molecule has 2 amide bonds. The van der Waals surface area contributed by atoms with Crippen molar-refractivity contribution in [2.24, 2.45) is 5.16 Å². The number of aliphatic carboxylic acids is 1. The first-order valence-electron chi connectivity index (χ1n) is 7.53. The predicted molar refractivity (Wildman–Crippen MR) is 104 cm³/mol. The van der Waals surface area contributed by atoms with Gasteiger partial charge in [0.2, 0.25) is 0 Å². The van der Waals surface area contributed by atoms with Gasteiger partial charge < -0.3 is 21.0 Å². The minimum atomic E-state index is -1.19. The summed E-state index contributed by atoms with van der Waals surface area (Å²) in [5, 5.41) is 16.9. The highest BCUT2D eigenvalue weighted by atomic mass is 32.2. The van der Waals surface area contributed by atoms with E-state index in [1.54, 1.807) is 5.38 Å². The lowest BCUT2D eigenvalue weighted by Gasteiger charge is -2.49. The van der Waals surface area contributed by atoms with Gasteiger partial charge in [-0.05, 0) is 5.57 Å². The quantitative estimate of drug-likeness (QED) is 0.209. The number of thioether (sulfide) groups is 1. The van der Waals surface area contributed by atoms with Crippen molar-refractivity contribution >= 4 is 64.4 Å². The molecule has 3 heterocycles. The Morgan fingerprint density at radius 3 is 2.89 bits per heavy atom. The number of aromatic nitrogens is 1. The van der Waals surface area contributed by atoms with Gasteiger partial charge in [0.1, 0.15) is 29.9 Å². The Morgan fingerprint density at radius 2 is 2.33 bits per heavy atom. The summed E-state index contributed by atoms with van der Waals surface area (Å²) in [4.78, 5) is 46.5. The molecule has 10 nitrogen and oxygen atoms in total. The second kappa shape index (κ2) is 7.78. The highest BCUT2D eigenvalue weighted by molar-refractivity contribution is 8.00. The zero-order valence-corrected chi connectivity index (χ0v) is 16.4. The van der Waals surface area contributed by atoms with Crippen molar-refractivity contribution in [3.8, 4) is 0 Å². The molecule has 0 aliphatic carbocycles. The number of β-lactam (4-membered cyclic amide) rings is 1. The van der Waals surface area contributed by atoms with E-state index in [4.69, 9.17) is 5.73 Å². The molecule has 0 saturated carbocycles. The van der Waals surface area contributed by atoms with Crippen molar-refractivity contribution in [1.29, 1.82) is 0 Å². The molecular formula is C14H15N5O5S3. The molecule has 2 unspecified atom stereocenters. The standard InChI is InChI=1S/C14H15N5O5S3/c1-24-18-7(6-4-27-14(15)16-6)10(20)17-8-11(21)19-9(13(22)23)5(2-25)3-26-12(8)19/h4,8,12,25H,2-3H2,1H3,(H2,15,16)(H,17,20)(H,22,23)/b18-7+. The molecule has 0 aromatic carbocycles. The van der Waals surface area contributed by atoms with Crippen LogP contribution in [0.3, 0.4) is 0 Å². The molecule has 0 radical (unpaired) electrons. The molecule has 1 fully saturated rings. The van der Waals surface area contributed by atoms with Gasteiger partial charge in [0.05, 0.1) is 0 Å². The number of oxime groups is 1. The highest BCUT2D eigenvalue weighted by Crippen LogP contribution is 2.40. The topological polar surface area (TPSA) is 147 Å². The van der Waals surface area contributed by atoms with Crippen LogP contribution in [0.15, 0.2) is 21.8 Å². The molecule has 13 heteroatoms. The predicted octanol–water partition coefficient (Wildman–Crippen LogP) is -0.256. The van der Waals surface area contributed by atoms with Crippen molar-refractivity contribution < 1.29 is 24.3 Å². The molecule has 1 aromatic rings. The average Bonchev–Trinajstić information content (AvgIpc) is 3.08. The molecule has 0 bridgehead atoms. The molecule has 3 rings (SSSR count). The number of nitrogens with one attached hydrogen (secondary N) is 1. The van der Waals surface area contributed by atoms with E-state index in [1.165, 1.54) is 23.8 Å². The van der Waals surface area contributed by atoms with E-state index in [1.807, 2.05) is 0 Å². The molecule has 2 aliphatic heterocycles. The summed E-state index contributed by atoms with van der Waals surface area (Å²) in [6.07, 6.45) is 0. The molecule has 2 aliphatic rings. The summed E-state index contributed by atoms with van der Waals surface area (Å²) in [5.41, 5.74) is 6.17. The maximum absolute atomic E-state index is 12.6. The van der Waals surface area contributed by atoms with Gasteiger partial charge in [-0.15, -0.1) is 23.1 Å². The summed E-state index contributed by atoms with van der Waals surface area (Å²) < 4.78 is 0. The Kier molecular flexibility index (Phi) is 5.62. The van der Waals surface area contributed by atoms with Crippen LogP contribution in [0.2, 0.25) is 0 Å². The van der Waals surface area contributed by atoms with Gasteiger partial charge in [-0.1, -0.05) is 5.16 Å². The van der Waals surface area contributed by atoms with Crippen LogP contribution in [0.1, 0.15) is 5.69 Å². The van der Waals surface area contributed by atoms with Gasteiger partial charge in [0.25, 0.3) is 11.8 Å². The molecule has 2 atom stereocenters. The molecule has 0 spiro atoms. The number of anilines is 1. The number of nitrogens with two attached hydrogens (primary N) is 1. The van der Waals surface area contributed by atoms with Crippen molar-refractivity contribution in [3.05, 3.63) is 22.3 Å². The number of rotatable bonds is 6. The van der Waals surface area contributed by atoms with E-state index >= 15 is 0 Å². The molecule has 144 valence electrons. The number of nitrogen functional groups attached to an aromatic ring is 1. The van der Waals surface area contributed by atoms with Crippen LogP contribution in [-0.2, 0) is 19.2 Å². The lowest BCUT2D eigenvalue weighted by atomic mass is 10.0. The number of thiol groups is 1. The number of carboxylic acid groups (broad SMARTS) is 1. The Hall–Kier alpha value is -2.25. The zero-order valence-electron chi connectivity index (χ0n) is 13.9. The maximum atomic E-state index is 12.6. The Bertz CT molecular complexity index is 867. The fraction of sp³-hybridized carbons (Fsp3) is 0.357. The second-order valence-corrected chi connectivity index (χ2v) is 7.78. The van der Waals surface area contributed by atoms with Gasteiger partial charge in [0.15, 0.2) is 10.8 Å². The Labute approximate surface area is 167 Å². The Balaban J connectivity index is 1.79. The molecule has 4 N–H and O–H groups in total. The molecular weight excluding hydrogens is 414 g/mol. The molecule has 1 aromatic heterocycles. The first kappa shape index (κ1) is 19.5. The maximum Gasteiger partial charge on any atom is 0.352 e. The van der Waals surface area contributed by atoms with Gasteiger partial charge in [-0.2, -0.15) is 12.6 Å². The smallest absolute Gasteiger partial charge is 0.352 e. The van der Waals surface area contributed by atoms with Crippen LogP contribution in [0.25, 0.3) is 0 Å². The van der Waals surface area contributed by atoms with Crippen LogP contribution < -0.4 is 11.1 Å². The van der Waals surface area contributed by atoms with Crippen molar-refractivity contribution in [2.75, 3.05) is 24.3 Å². The van der Waals surface area contributed by atoms with Crippen LogP contribution in [0.5, 0.6) is 0 Å². The number of hydrogen-bond acceptors (Lipinski definition) is 10. The van der Waals surface area contributed by atoms with E-state index in [0.717, 1.165) is 11.3 Å². The van der Waals surface area contributed by atoms with Crippen LogP contribution in [0, 0.1) is 0 Å². The fourth-order valence-electron chi connectivity index (χ4n) is 2.71. The third kappa shape index (κ3) is 3.49. The van der Waals surface area contributed by atoms with E-state index in [-0.39, 0.29) is 28.0 Å². The number of thiazole rings is 1. The highest BCUT2D eigenvalue weighted by Gasteiger charge is 2.54. The van der Waals surface area contributed by atoms with Crippen molar-refractivity contribution in [2.45, 2.75) is 11.4 Å². The molecule has 1 saturated heterocycles. The number of carboxylic acids is 1. The third-order valence-corrected chi connectivity index (χ3v) is 6.28. The van der Waals surface area contributed by atoms with Gasteiger partial charge in [0, 0.05) is 16.9 Å². The third-order valence-electron chi connectivity index (χ3n) is 3.89. The van der Waals surface area contributed by atoms with Crippen molar-refractivity contribution in [3.63, 3.8) is 0 Å². The lowest BCUT2D eigenvalue weighted by Crippen LogP contribution is -2.71. The Morgan fingerprint density at radius 1 is 1.59 bits per heavy atom. The number of hydrogen-bond donors (Lipinski definition) is 4. The largest absolute Gasteiger partial charge is 0.477 e. The number of fused-ring (bicyclic) bond motifs is 1.